The van der Waals surface area contributed by atoms with Crippen molar-refractivity contribution in [3.05, 3.63) is 64.7 Å². The summed E-state index contributed by atoms with van der Waals surface area (Å²) in [4.78, 5) is 23.5. The minimum Gasteiger partial charge on any atom is -0.478 e. The molecule has 0 amide bonds. The highest BCUT2D eigenvalue weighted by molar-refractivity contribution is 5.92. The Balaban J connectivity index is 1.40. The van der Waals surface area contributed by atoms with Crippen LogP contribution in [0.1, 0.15) is 96.6 Å². The molecule has 0 radical (unpaired) electrons. The predicted octanol–water partition coefficient (Wildman–Crippen LogP) is 6.62. The SMILES string of the molecule is CCCCCCCCCCOC1CCc2cc(C(=O)Oc3ccc(C(=O)O)cc3)ccc2C1. The number of fused-ring (bicyclic) bond motifs is 1. The molecular formula is C28H36O5. The Bertz CT molecular complexity index is 903. The van der Waals surface area contributed by atoms with E-state index in [4.69, 9.17) is 14.6 Å². The van der Waals surface area contributed by atoms with Crippen molar-refractivity contribution in [1.82, 2.24) is 0 Å². The zero-order valence-corrected chi connectivity index (χ0v) is 19.7. The fourth-order valence-corrected chi connectivity index (χ4v) is 4.31. The maximum atomic E-state index is 12.5. The second-order valence-corrected chi connectivity index (χ2v) is 8.91. The first-order valence-corrected chi connectivity index (χ1v) is 12.4. The zero-order valence-electron chi connectivity index (χ0n) is 19.7. The van der Waals surface area contributed by atoms with E-state index in [0.29, 0.717) is 11.3 Å². The van der Waals surface area contributed by atoms with Gasteiger partial charge in [-0.1, -0.05) is 57.9 Å². The number of aryl methyl sites for hydroxylation is 1. The molecule has 0 saturated heterocycles. The van der Waals surface area contributed by atoms with E-state index in [2.05, 4.69) is 6.92 Å². The molecule has 178 valence electrons. The van der Waals surface area contributed by atoms with Gasteiger partial charge in [0.2, 0.25) is 0 Å². The standard InChI is InChI=1S/C28H36O5/c1-2-3-4-5-6-7-8-9-18-32-26-17-14-22-19-24(11-10-23(22)20-26)28(31)33-25-15-12-21(13-16-25)27(29)30/h10-13,15-16,19,26H,2-9,14,17-18,20H2,1H3,(H,29,30). The molecule has 0 fully saturated rings. The van der Waals surface area contributed by atoms with Gasteiger partial charge in [0.05, 0.1) is 17.2 Å². The van der Waals surface area contributed by atoms with Crippen LogP contribution in [0, 0.1) is 0 Å². The Morgan fingerprint density at radius 2 is 1.55 bits per heavy atom. The number of carboxylic acids is 1. The van der Waals surface area contributed by atoms with E-state index in [-0.39, 0.29) is 11.7 Å². The highest BCUT2D eigenvalue weighted by Crippen LogP contribution is 2.25. The van der Waals surface area contributed by atoms with Gasteiger partial charge in [0.15, 0.2) is 0 Å². The molecule has 0 bridgehead atoms. The maximum absolute atomic E-state index is 12.5. The van der Waals surface area contributed by atoms with Crippen LogP contribution in [0.25, 0.3) is 0 Å². The summed E-state index contributed by atoms with van der Waals surface area (Å²) < 4.78 is 11.5. The van der Waals surface area contributed by atoms with Crippen LogP contribution in [0.2, 0.25) is 0 Å². The number of benzene rings is 2. The van der Waals surface area contributed by atoms with E-state index in [1.807, 2.05) is 12.1 Å². The Hall–Kier alpha value is -2.66. The van der Waals surface area contributed by atoms with Crippen LogP contribution in [0.4, 0.5) is 0 Å². The van der Waals surface area contributed by atoms with Gasteiger partial charge in [0, 0.05) is 6.61 Å². The van der Waals surface area contributed by atoms with E-state index < -0.39 is 11.9 Å². The second kappa shape index (κ2) is 13.1. The molecule has 3 rings (SSSR count). The molecule has 2 aromatic rings. The van der Waals surface area contributed by atoms with Crippen molar-refractivity contribution in [3.8, 4) is 5.75 Å². The molecule has 1 aliphatic carbocycles. The molecule has 1 unspecified atom stereocenters. The van der Waals surface area contributed by atoms with Gasteiger partial charge in [-0.25, -0.2) is 9.59 Å². The molecule has 1 atom stereocenters. The number of carbonyl (C=O) groups excluding carboxylic acids is 1. The minimum atomic E-state index is -1.01. The molecule has 1 aliphatic rings. The summed E-state index contributed by atoms with van der Waals surface area (Å²) in [5.41, 5.74) is 3.08. The monoisotopic (exact) mass is 452 g/mol. The van der Waals surface area contributed by atoms with Crippen LogP contribution < -0.4 is 4.74 Å². The van der Waals surface area contributed by atoms with Crippen LogP contribution in [0.15, 0.2) is 42.5 Å². The van der Waals surface area contributed by atoms with Crippen molar-refractivity contribution in [2.45, 2.75) is 83.7 Å². The van der Waals surface area contributed by atoms with Crippen molar-refractivity contribution < 1.29 is 24.2 Å². The third-order valence-electron chi connectivity index (χ3n) is 6.29. The Kier molecular flexibility index (Phi) is 9.95. The van der Waals surface area contributed by atoms with Gasteiger partial charge in [0.25, 0.3) is 0 Å². The highest BCUT2D eigenvalue weighted by atomic mass is 16.5. The topological polar surface area (TPSA) is 72.8 Å². The smallest absolute Gasteiger partial charge is 0.343 e. The molecule has 0 heterocycles. The first kappa shape index (κ1) is 25.0. The lowest BCUT2D eigenvalue weighted by Crippen LogP contribution is -2.23. The number of unbranched alkanes of at least 4 members (excludes halogenated alkanes) is 7. The zero-order chi connectivity index (χ0) is 23.5. The van der Waals surface area contributed by atoms with Crippen molar-refractivity contribution in [2.75, 3.05) is 6.61 Å². The fourth-order valence-electron chi connectivity index (χ4n) is 4.31. The minimum absolute atomic E-state index is 0.155. The van der Waals surface area contributed by atoms with Gasteiger partial charge < -0.3 is 14.6 Å². The van der Waals surface area contributed by atoms with Crippen LogP contribution in [0.5, 0.6) is 5.75 Å². The lowest BCUT2D eigenvalue weighted by molar-refractivity contribution is 0.0417. The predicted molar refractivity (Wildman–Crippen MR) is 129 cm³/mol. The van der Waals surface area contributed by atoms with E-state index in [9.17, 15) is 9.59 Å². The number of carboxylic acid groups (broad SMARTS) is 1. The average molecular weight is 453 g/mol. The number of carbonyl (C=O) groups is 2. The van der Waals surface area contributed by atoms with E-state index in [1.165, 1.54) is 80.3 Å². The number of hydrogen-bond acceptors (Lipinski definition) is 4. The van der Waals surface area contributed by atoms with Gasteiger partial charge in [-0.15, -0.1) is 0 Å². The van der Waals surface area contributed by atoms with Crippen molar-refractivity contribution in [3.63, 3.8) is 0 Å². The molecule has 1 N–H and O–H groups in total. The summed E-state index contributed by atoms with van der Waals surface area (Å²) in [6.07, 6.45) is 13.4. The van der Waals surface area contributed by atoms with Crippen molar-refractivity contribution in [2.24, 2.45) is 0 Å². The first-order valence-electron chi connectivity index (χ1n) is 12.4. The van der Waals surface area contributed by atoms with Crippen LogP contribution >= 0.6 is 0 Å². The number of rotatable bonds is 13. The van der Waals surface area contributed by atoms with Crippen LogP contribution in [0.3, 0.4) is 0 Å². The summed E-state index contributed by atoms with van der Waals surface area (Å²) in [5, 5.41) is 8.97. The molecule has 2 aromatic carbocycles. The number of esters is 1. The van der Waals surface area contributed by atoms with Gasteiger partial charge >= 0.3 is 11.9 Å². The molecular weight excluding hydrogens is 416 g/mol. The van der Waals surface area contributed by atoms with E-state index in [0.717, 1.165) is 32.3 Å². The summed E-state index contributed by atoms with van der Waals surface area (Å²) in [7, 11) is 0. The Labute approximate surface area is 197 Å². The highest BCUT2D eigenvalue weighted by Gasteiger charge is 2.21. The summed E-state index contributed by atoms with van der Waals surface area (Å²) in [6, 6.07) is 11.6. The maximum Gasteiger partial charge on any atom is 0.343 e. The molecule has 5 nitrogen and oxygen atoms in total. The molecule has 0 spiro atoms. The van der Waals surface area contributed by atoms with Crippen LogP contribution in [-0.2, 0) is 17.6 Å². The number of ether oxygens (including phenoxy) is 2. The number of aromatic carboxylic acids is 1. The third-order valence-corrected chi connectivity index (χ3v) is 6.29. The van der Waals surface area contributed by atoms with E-state index >= 15 is 0 Å². The largest absolute Gasteiger partial charge is 0.478 e. The van der Waals surface area contributed by atoms with Crippen LogP contribution in [-0.4, -0.2) is 29.8 Å². The van der Waals surface area contributed by atoms with Crippen molar-refractivity contribution >= 4 is 11.9 Å². The summed E-state index contributed by atoms with van der Waals surface area (Å²) in [6.45, 7) is 3.08. The lowest BCUT2D eigenvalue weighted by Gasteiger charge is -2.25. The van der Waals surface area contributed by atoms with Gasteiger partial charge in [-0.3, -0.25) is 0 Å². The lowest BCUT2D eigenvalue weighted by atomic mass is 9.88. The molecule has 0 saturated carbocycles. The Morgan fingerprint density at radius 3 is 2.24 bits per heavy atom. The second-order valence-electron chi connectivity index (χ2n) is 8.91. The fraction of sp³-hybridized carbons (Fsp3) is 0.500. The molecule has 33 heavy (non-hydrogen) atoms. The van der Waals surface area contributed by atoms with E-state index in [1.54, 1.807) is 6.07 Å². The quantitative estimate of drug-likeness (QED) is 0.210. The Morgan fingerprint density at radius 1 is 0.879 bits per heavy atom. The normalized spacial score (nSPS) is 15.1. The van der Waals surface area contributed by atoms with Gasteiger partial charge in [0.1, 0.15) is 5.75 Å². The van der Waals surface area contributed by atoms with Crippen molar-refractivity contribution in [1.29, 1.82) is 0 Å². The summed E-state index contributed by atoms with van der Waals surface area (Å²) in [5.74, 6) is -1.12. The first-order chi connectivity index (χ1) is 16.1. The summed E-state index contributed by atoms with van der Waals surface area (Å²) >= 11 is 0. The third kappa shape index (κ3) is 8.01. The molecule has 0 aromatic heterocycles. The molecule has 5 heteroatoms. The number of hydrogen-bond donors (Lipinski definition) is 1. The molecule has 0 aliphatic heterocycles. The van der Waals surface area contributed by atoms with Gasteiger partial charge in [-0.05, 0) is 73.2 Å². The van der Waals surface area contributed by atoms with Gasteiger partial charge in [-0.2, -0.15) is 0 Å². The average Bonchev–Trinajstić information content (AvgIpc) is 2.83.